The maximum absolute atomic E-state index is 13.6. The lowest BCUT2D eigenvalue weighted by molar-refractivity contribution is 0.579. The van der Waals surface area contributed by atoms with E-state index >= 15 is 0 Å². The van der Waals surface area contributed by atoms with Gasteiger partial charge in [-0.25, -0.2) is 9.37 Å². The molecule has 1 atom stereocenters. The van der Waals surface area contributed by atoms with Crippen molar-refractivity contribution < 1.29 is 4.39 Å². The molecule has 4 heteroatoms. The van der Waals surface area contributed by atoms with Crippen LogP contribution in [0.3, 0.4) is 0 Å². The molecule has 0 spiro atoms. The molecule has 0 aliphatic carbocycles. The van der Waals surface area contributed by atoms with E-state index < -0.39 is 0 Å². The SMILES string of the molecule is Cc1ccc(F)c(C(N)Cc2nccs2)c1. The molecule has 0 aliphatic heterocycles. The first kappa shape index (κ1) is 11.2. The van der Waals surface area contributed by atoms with Crippen LogP contribution in [0.4, 0.5) is 4.39 Å². The van der Waals surface area contributed by atoms with Gasteiger partial charge in [0.1, 0.15) is 5.82 Å². The standard InChI is InChI=1S/C12H13FN2S/c1-8-2-3-10(13)9(6-8)11(14)7-12-15-4-5-16-12/h2-6,11H,7,14H2,1H3. The number of aryl methyl sites for hydroxylation is 1. The lowest BCUT2D eigenvalue weighted by Gasteiger charge is -2.12. The number of benzene rings is 1. The third kappa shape index (κ3) is 2.46. The molecule has 1 aromatic heterocycles. The maximum atomic E-state index is 13.6. The summed E-state index contributed by atoms with van der Waals surface area (Å²) in [6, 6.07) is 4.68. The average Bonchev–Trinajstić information content (AvgIpc) is 2.74. The summed E-state index contributed by atoms with van der Waals surface area (Å²) in [5.74, 6) is -0.241. The molecule has 2 nitrogen and oxygen atoms in total. The number of rotatable bonds is 3. The zero-order valence-corrected chi connectivity index (χ0v) is 9.80. The van der Waals surface area contributed by atoms with Gasteiger partial charge in [-0.3, -0.25) is 0 Å². The van der Waals surface area contributed by atoms with Gasteiger partial charge in [0.05, 0.1) is 5.01 Å². The number of nitrogens with two attached hydrogens (primary N) is 1. The van der Waals surface area contributed by atoms with Crippen molar-refractivity contribution in [1.82, 2.24) is 4.98 Å². The zero-order valence-electron chi connectivity index (χ0n) is 8.98. The van der Waals surface area contributed by atoms with E-state index in [1.54, 1.807) is 29.7 Å². The maximum Gasteiger partial charge on any atom is 0.128 e. The van der Waals surface area contributed by atoms with Crippen LogP contribution in [0.1, 0.15) is 22.2 Å². The van der Waals surface area contributed by atoms with Crippen molar-refractivity contribution in [2.24, 2.45) is 5.73 Å². The fraction of sp³-hybridized carbons (Fsp3) is 0.250. The molecule has 0 saturated carbocycles. The molecule has 0 radical (unpaired) electrons. The Morgan fingerprint density at radius 1 is 1.50 bits per heavy atom. The molecule has 0 aliphatic rings. The number of nitrogens with zero attached hydrogens (tertiary/aromatic N) is 1. The molecule has 1 unspecified atom stereocenters. The largest absolute Gasteiger partial charge is 0.324 e. The molecule has 2 aromatic rings. The Morgan fingerprint density at radius 3 is 3.00 bits per heavy atom. The Bertz CT molecular complexity index is 468. The van der Waals surface area contributed by atoms with E-state index in [2.05, 4.69) is 4.98 Å². The van der Waals surface area contributed by atoms with Crippen LogP contribution < -0.4 is 5.73 Å². The molecule has 0 saturated heterocycles. The fourth-order valence-electron chi connectivity index (χ4n) is 1.60. The molecule has 0 bridgehead atoms. The van der Waals surface area contributed by atoms with Crippen LogP contribution >= 0.6 is 11.3 Å². The highest BCUT2D eigenvalue weighted by Crippen LogP contribution is 2.21. The minimum atomic E-state index is -0.328. The van der Waals surface area contributed by atoms with E-state index in [1.165, 1.54) is 6.07 Å². The van der Waals surface area contributed by atoms with Crippen LogP contribution in [0.5, 0.6) is 0 Å². The van der Waals surface area contributed by atoms with Gasteiger partial charge in [-0.1, -0.05) is 17.7 Å². The van der Waals surface area contributed by atoms with Crippen LogP contribution in [0.2, 0.25) is 0 Å². The van der Waals surface area contributed by atoms with Gasteiger partial charge >= 0.3 is 0 Å². The molecule has 16 heavy (non-hydrogen) atoms. The van der Waals surface area contributed by atoms with Crippen LogP contribution in [-0.2, 0) is 6.42 Å². The van der Waals surface area contributed by atoms with E-state index in [-0.39, 0.29) is 11.9 Å². The number of aromatic nitrogens is 1. The van der Waals surface area contributed by atoms with Gasteiger partial charge < -0.3 is 5.73 Å². The predicted molar refractivity (Wildman–Crippen MR) is 63.9 cm³/mol. The summed E-state index contributed by atoms with van der Waals surface area (Å²) < 4.78 is 13.6. The molecule has 0 amide bonds. The molecule has 2 N–H and O–H groups in total. The van der Waals surface area contributed by atoms with Crippen LogP contribution in [-0.4, -0.2) is 4.98 Å². The Morgan fingerprint density at radius 2 is 2.31 bits per heavy atom. The van der Waals surface area contributed by atoms with Crippen LogP contribution in [0, 0.1) is 12.7 Å². The first-order valence-electron chi connectivity index (χ1n) is 5.07. The first-order chi connectivity index (χ1) is 7.66. The summed E-state index contributed by atoms with van der Waals surface area (Å²) >= 11 is 1.54. The minimum absolute atomic E-state index is 0.241. The quantitative estimate of drug-likeness (QED) is 0.890. The number of thiazole rings is 1. The predicted octanol–water partition coefficient (Wildman–Crippen LogP) is 2.83. The van der Waals surface area contributed by atoms with Crippen molar-refractivity contribution >= 4 is 11.3 Å². The summed E-state index contributed by atoms with van der Waals surface area (Å²) in [6.07, 6.45) is 2.32. The van der Waals surface area contributed by atoms with Crippen LogP contribution in [0.25, 0.3) is 0 Å². The van der Waals surface area contributed by atoms with Crippen molar-refractivity contribution in [2.45, 2.75) is 19.4 Å². The summed E-state index contributed by atoms with van der Waals surface area (Å²) in [5.41, 5.74) is 7.57. The fourth-order valence-corrected chi connectivity index (χ4v) is 2.28. The zero-order chi connectivity index (χ0) is 11.5. The second kappa shape index (κ2) is 4.72. The van der Waals surface area contributed by atoms with E-state index in [4.69, 9.17) is 5.73 Å². The molecule has 0 fully saturated rings. The summed E-state index contributed by atoms with van der Waals surface area (Å²) in [7, 11) is 0. The van der Waals surface area contributed by atoms with E-state index in [0.29, 0.717) is 12.0 Å². The molecule has 84 valence electrons. The summed E-state index contributed by atoms with van der Waals surface area (Å²) in [6.45, 7) is 1.93. The van der Waals surface area contributed by atoms with Gasteiger partial charge in [0, 0.05) is 29.6 Å². The average molecular weight is 236 g/mol. The number of halogens is 1. The van der Waals surface area contributed by atoms with Gasteiger partial charge in [-0.15, -0.1) is 11.3 Å². The van der Waals surface area contributed by atoms with Gasteiger partial charge in [-0.2, -0.15) is 0 Å². The van der Waals surface area contributed by atoms with Crippen molar-refractivity contribution in [3.63, 3.8) is 0 Å². The van der Waals surface area contributed by atoms with Gasteiger partial charge in [0.25, 0.3) is 0 Å². The Labute approximate surface area is 97.9 Å². The Kier molecular flexibility index (Phi) is 3.31. The van der Waals surface area contributed by atoms with Crippen molar-refractivity contribution in [1.29, 1.82) is 0 Å². The highest BCUT2D eigenvalue weighted by molar-refractivity contribution is 7.09. The lowest BCUT2D eigenvalue weighted by atomic mass is 10.0. The topological polar surface area (TPSA) is 38.9 Å². The van der Waals surface area contributed by atoms with Crippen LogP contribution in [0.15, 0.2) is 29.8 Å². The summed E-state index contributed by atoms with van der Waals surface area (Å²) in [5, 5.41) is 2.84. The molecule has 1 aromatic carbocycles. The van der Waals surface area contributed by atoms with E-state index in [1.807, 2.05) is 12.3 Å². The van der Waals surface area contributed by atoms with Gasteiger partial charge in [0.2, 0.25) is 0 Å². The lowest BCUT2D eigenvalue weighted by Crippen LogP contribution is -2.15. The molecule has 1 heterocycles. The van der Waals surface area contributed by atoms with Gasteiger partial charge in [0.15, 0.2) is 0 Å². The van der Waals surface area contributed by atoms with Crippen molar-refractivity contribution in [3.8, 4) is 0 Å². The minimum Gasteiger partial charge on any atom is -0.324 e. The Balaban J connectivity index is 2.20. The van der Waals surface area contributed by atoms with E-state index in [0.717, 1.165) is 10.6 Å². The molecule has 2 rings (SSSR count). The third-order valence-corrected chi connectivity index (χ3v) is 3.23. The number of hydrogen-bond donors (Lipinski definition) is 1. The normalized spacial score (nSPS) is 12.7. The smallest absolute Gasteiger partial charge is 0.128 e. The highest BCUT2D eigenvalue weighted by Gasteiger charge is 2.13. The van der Waals surface area contributed by atoms with Gasteiger partial charge in [-0.05, 0) is 13.0 Å². The van der Waals surface area contributed by atoms with E-state index in [9.17, 15) is 4.39 Å². The monoisotopic (exact) mass is 236 g/mol. The molecular weight excluding hydrogens is 223 g/mol. The molecular formula is C12H13FN2S. The number of hydrogen-bond acceptors (Lipinski definition) is 3. The Hall–Kier alpha value is -1.26. The first-order valence-corrected chi connectivity index (χ1v) is 5.95. The second-order valence-corrected chi connectivity index (χ2v) is 4.74. The highest BCUT2D eigenvalue weighted by atomic mass is 32.1. The van der Waals surface area contributed by atoms with Crippen molar-refractivity contribution in [2.75, 3.05) is 0 Å². The van der Waals surface area contributed by atoms with Crippen molar-refractivity contribution in [3.05, 3.63) is 51.7 Å². The summed E-state index contributed by atoms with van der Waals surface area (Å²) in [4.78, 5) is 4.15. The third-order valence-electron chi connectivity index (χ3n) is 2.43. The second-order valence-electron chi connectivity index (χ2n) is 3.76.